The molecule has 0 saturated carbocycles. The first-order valence-corrected chi connectivity index (χ1v) is 19.7. The SMILES string of the molecule is O=C(NCC(O)C(F)(F)F)C1CN(Cc2ccc(-n3cc(-[n+]4ccc(NC(=O)C5CN(Cc6ccc(-n7cccn7)cc6)c6ccccc6O5)[nH]4)cn3)cc2)c2ccccc2O1. The third kappa shape index (κ3) is 8.66. The Balaban J connectivity index is 0.822. The molecule has 2 amide bonds. The predicted molar refractivity (Wildman–Crippen MR) is 221 cm³/mol. The normalized spacial score (nSPS) is 16.4. The number of alkyl halides is 3. The van der Waals surface area contributed by atoms with Gasteiger partial charge in [0, 0.05) is 25.5 Å². The van der Waals surface area contributed by atoms with Gasteiger partial charge >= 0.3 is 6.18 Å². The van der Waals surface area contributed by atoms with E-state index in [0.29, 0.717) is 42.6 Å². The minimum Gasteiger partial charge on any atom is -0.477 e. The third-order valence-electron chi connectivity index (χ3n) is 10.5. The second-order valence-electron chi connectivity index (χ2n) is 14.8. The van der Waals surface area contributed by atoms with Gasteiger partial charge in [0.05, 0.1) is 48.5 Å². The minimum absolute atomic E-state index is 0.0778. The number of fused-ring (bicyclic) bond motifs is 2. The zero-order valence-electron chi connectivity index (χ0n) is 32.9. The predicted octanol–water partition coefficient (Wildman–Crippen LogP) is 4.88. The van der Waals surface area contributed by atoms with Gasteiger partial charge in [0.25, 0.3) is 17.5 Å². The molecule has 5 heterocycles. The molecule has 15 nitrogen and oxygen atoms in total. The Morgan fingerprint density at radius 1 is 0.774 bits per heavy atom. The van der Waals surface area contributed by atoms with Crippen molar-refractivity contribution in [1.82, 2.24) is 30.0 Å². The molecule has 0 spiro atoms. The molecule has 316 valence electrons. The highest BCUT2D eigenvalue weighted by molar-refractivity contribution is 5.94. The first-order chi connectivity index (χ1) is 30.0. The van der Waals surface area contributed by atoms with Crippen molar-refractivity contribution in [2.75, 3.05) is 34.8 Å². The minimum atomic E-state index is -4.85. The third-order valence-corrected chi connectivity index (χ3v) is 10.5. The highest BCUT2D eigenvalue weighted by Crippen LogP contribution is 2.36. The maximum Gasteiger partial charge on any atom is 0.416 e. The molecule has 18 heteroatoms. The maximum atomic E-state index is 13.6. The number of carbonyl (C=O) groups is 2. The number of nitrogens with zero attached hydrogens (tertiary/aromatic N) is 7. The Kier molecular flexibility index (Phi) is 10.8. The molecule has 2 aliphatic rings. The van der Waals surface area contributed by atoms with Crippen LogP contribution in [0.25, 0.3) is 17.1 Å². The van der Waals surface area contributed by atoms with Crippen molar-refractivity contribution in [3.05, 3.63) is 151 Å². The van der Waals surface area contributed by atoms with Crippen molar-refractivity contribution >= 4 is 29.0 Å². The lowest BCUT2D eigenvalue weighted by Crippen LogP contribution is -2.51. The summed E-state index contributed by atoms with van der Waals surface area (Å²) in [6.07, 6.45) is -0.485. The summed E-state index contributed by atoms with van der Waals surface area (Å²) >= 11 is 0. The summed E-state index contributed by atoms with van der Waals surface area (Å²) in [6.45, 7) is 0.401. The summed E-state index contributed by atoms with van der Waals surface area (Å²) in [4.78, 5) is 30.5. The van der Waals surface area contributed by atoms with Crippen molar-refractivity contribution in [3.8, 4) is 28.6 Å². The molecule has 9 rings (SSSR count). The molecular formula is C44H40F3N10O5+. The highest BCUT2D eigenvalue weighted by Gasteiger charge is 2.39. The van der Waals surface area contributed by atoms with E-state index < -0.39 is 36.9 Å². The summed E-state index contributed by atoms with van der Waals surface area (Å²) in [6, 6.07) is 34.2. The lowest BCUT2D eigenvalue weighted by Gasteiger charge is -2.35. The van der Waals surface area contributed by atoms with Crippen LogP contribution in [0.4, 0.5) is 30.4 Å². The fourth-order valence-electron chi connectivity index (χ4n) is 7.35. The van der Waals surface area contributed by atoms with Gasteiger partial charge in [-0.2, -0.15) is 23.4 Å². The number of H-pyrrole nitrogens is 1. The Morgan fingerprint density at radius 3 is 1.94 bits per heavy atom. The molecule has 0 saturated heterocycles. The lowest BCUT2D eigenvalue weighted by atomic mass is 10.1. The van der Waals surface area contributed by atoms with Crippen LogP contribution in [0.1, 0.15) is 11.1 Å². The smallest absolute Gasteiger partial charge is 0.416 e. The number of anilines is 3. The number of aliphatic hydroxyl groups excluding tert-OH is 1. The van der Waals surface area contributed by atoms with E-state index >= 15 is 0 Å². The monoisotopic (exact) mass is 845 g/mol. The van der Waals surface area contributed by atoms with Gasteiger partial charge < -0.3 is 35.0 Å². The van der Waals surface area contributed by atoms with E-state index in [1.165, 1.54) is 0 Å². The van der Waals surface area contributed by atoms with Gasteiger partial charge in [0.15, 0.2) is 24.1 Å². The molecule has 7 aromatic rings. The van der Waals surface area contributed by atoms with Crippen LogP contribution in [0.5, 0.6) is 11.5 Å². The van der Waals surface area contributed by atoms with Crippen molar-refractivity contribution < 1.29 is 42.0 Å². The second kappa shape index (κ2) is 16.8. The van der Waals surface area contributed by atoms with Crippen LogP contribution < -0.4 is 34.6 Å². The summed E-state index contributed by atoms with van der Waals surface area (Å²) in [7, 11) is 0. The van der Waals surface area contributed by atoms with Gasteiger partial charge in [-0.3, -0.25) is 9.59 Å². The van der Waals surface area contributed by atoms with Crippen LogP contribution in [-0.4, -0.2) is 85.7 Å². The zero-order valence-corrected chi connectivity index (χ0v) is 32.9. The molecule has 62 heavy (non-hydrogen) atoms. The van der Waals surface area contributed by atoms with E-state index in [9.17, 15) is 27.9 Å². The molecule has 0 aliphatic carbocycles. The topological polar surface area (TPSA) is 159 Å². The van der Waals surface area contributed by atoms with E-state index in [1.54, 1.807) is 50.8 Å². The van der Waals surface area contributed by atoms with Gasteiger partial charge in [-0.15, -0.1) is 5.10 Å². The van der Waals surface area contributed by atoms with E-state index in [-0.39, 0.29) is 12.5 Å². The average molecular weight is 846 g/mol. The molecule has 0 radical (unpaired) electrons. The summed E-state index contributed by atoms with van der Waals surface area (Å²) in [5.41, 5.74) is 6.05. The molecular weight excluding hydrogens is 806 g/mol. The Hall–Kier alpha value is -7.60. The fraction of sp³-hybridized carbons (Fsp3) is 0.205. The number of hydrogen-bond acceptors (Lipinski definition) is 9. The number of carbonyl (C=O) groups excluding carboxylic acids is 2. The van der Waals surface area contributed by atoms with Crippen molar-refractivity contribution in [2.24, 2.45) is 0 Å². The Labute approximate surface area is 352 Å². The van der Waals surface area contributed by atoms with Crippen molar-refractivity contribution in [2.45, 2.75) is 37.6 Å². The Morgan fingerprint density at radius 2 is 1.35 bits per heavy atom. The summed E-state index contributed by atoms with van der Waals surface area (Å²) in [5.74, 6) is 0.452. The average Bonchev–Trinajstić information content (AvgIpc) is 4.09. The quantitative estimate of drug-likeness (QED) is 0.126. The second-order valence-corrected chi connectivity index (χ2v) is 14.8. The first-order valence-electron chi connectivity index (χ1n) is 19.7. The van der Waals surface area contributed by atoms with Gasteiger partial charge in [-0.1, -0.05) is 53.2 Å². The molecule has 3 aromatic heterocycles. The van der Waals surface area contributed by atoms with Crippen LogP contribution >= 0.6 is 0 Å². The maximum absolute atomic E-state index is 13.6. The van der Waals surface area contributed by atoms with Crippen LogP contribution in [0.15, 0.2) is 140 Å². The number of amides is 2. The number of ether oxygens (including phenoxy) is 2. The van der Waals surface area contributed by atoms with E-state index in [2.05, 4.69) is 43.0 Å². The van der Waals surface area contributed by atoms with Crippen molar-refractivity contribution in [1.29, 1.82) is 0 Å². The standard InChI is InChI=1S/C44H39F3N10O5/c45-44(46,47)40(58)23-48-42(59)38-27-53(34-6-1-3-8-36(34)61-38)24-30-12-16-32(17-13-30)57-26-33(22-50-57)56-21-18-41(52-56)51-43(60)39-28-54(35-7-2-4-9-37(35)62-39)25-29-10-14-31(15-11-29)55-20-5-19-49-55/h1-22,26,38-40,58H,23-25,27-28H2,(H2,48,51,52,59,60)/p+1. The molecule has 0 bridgehead atoms. The number of rotatable bonds is 12. The number of para-hydroxylation sites is 4. The van der Waals surface area contributed by atoms with Crippen LogP contribution in [0, 0.1) is 0 Å². The van der Waals surface area contributed by atoms with Gasteiger partial charge in [0.1, 0.15) is 23.9 Å². The molecule has 0 fully saturated rings. The van der Waals surface area contributed by atoms with Gasteiger partial charge in [0.2, 0.25) is 6.20 Å². The largest absolute Gasteiger partial charge is 0.477 e. The number of aliphatic hydroxyl groups is 1. The number of aromatic amines is 1. The molecule has 3 unspecified atom stereocenters. The number of hydrogen-bond donors (Lipinski definition) is 4. The molecule has 4 N–H and O–H groups in total. The van der Waals surface area contributed by atoms with E-state index in [4.69, 9.17) is 9.47 Å². The number of aromatic nitrogens is 6. The van der Waals surface area contributed by atoms with Crippen LogP contribution in [-0.2, 0) is 22.7 Å². The van der Waals surface area contributed by atoms with Crippen molar-refractivity contribution in [3.63, 3.8) is 0 Å². The van der Waals surface area contributed by atoms with Crippen LogP contribution in [0.3, 0.4) is 0 Å². The number of halogens is 3. The van der Waals surface area contributed by atoms with E-state index in [0.717, 1.165) is 33.9 Å². The molecule has 3 atom stereocenters. The lowest BCUT2D eigenvalue weighted by molar-refractivity contribution is -0.654. The van der Waals surface area contributed by atoms with Gasteiger partial charge in [-0.05, 0) is 65.7 Å². The Bertz CT molecular complexity index is 2670. The molecule has 2 aliphatic heterocycles. The highest BCUT2D eigenvalue weighted by atomic mass is 19.4. The molecule has 4 aromatic carbocycles. The summed E-state index contributed by atoms with van der Waals surface area (Å²) in [5, 5.41) is 26.5. The zero-order chi connectivity index (χ0) is 42.8. The van der Waals surface area contributed by atoms with Crippen LogP contribution in [0.2, 0.25) is 0 Å². The van der Waals surface area contributed by atoms with Gasteiger partial charge in [-0.25, -0.2) is 9.36 Å². The number of nitrogens with one attached hydrogen (secondary N) is 3. The fourth-order valence-corrected chi connectivity index (χ4v) is 7.35. The van der Waals surface area contributed by atoms with E-state index in [1.807, 2.05) is 96.2 Å². The first kappa shape index (κ1) is 39.8. The number of benzene rings is 4. The summed E-state index contributed by atoms with van der Waals surface area (Å²) < 4.78 is 55.7.